The van der Waals surface area contributed by atoms with Gasteiger partial charge in [-0.05, 0) is 24.6 Å². The number of ketones is 1. The van der Waals surface area contributed by atoms with E-state index in [4.69, 9.17) is 5.73 Å². The van der Waals surface area contributed by atoms with Crippen LogP contribution in [0.4, 0.5) is 0 Å². The monoisotopic (exact) mass is 243 g/mol. The lowest BCUT2D eigenvalue weighted by Gasteiger charge is -2.12. The Labute approximate surface area is 106 Å². The highest BCUT2D eigenvalue weighted by atomic mass is 16.1. The lowest BCUT2D eigenvalue weighted by molar-refractivity contribution is 0.0913. The number of aromatic nitrogens is 2. The van der Waals surface area contributed by atoms with Gasteiger partial charge >= 0.3 is 0 Å². The van der Waals surface area contributed by atoms with Crippen molar-refractivity contribution in [3.8, 4) is 5.69 Å². The maximum Gasteiger partial charge on any atom is 0.185 e. The highest BCUT2D eigenvalue weighted by molar-refractivity contribution is 5.96. The van der Waals surface area contributed by atoms with Crippen molar-refractivity contribution in [2.45, 2.75) is 13.3 Å². The smallest absolute Gasteiger partial charge is 0.185 e. The molecule has 0 saturated carbocycles. The highest BCUT2D eigenvalue weighted by Gasteiger charge is 2.20. The zero-order valence-corrected chi connectivity index (χ0v) is 10.4. The van der Waals surface area contributed by atoms with Gasteiger partial charge in [-0.2, -0.15) is 5.10 Å². The molecule has 2 aromatic rings. The second-order valence-electron chi connectivity index (χ2n) is 4.17. The molecule has 4 nitrogen and oxygen atoms in total. The molecule has 94 valence electrons. The summed E-state index contributed by atoms with van der Waals surface area (Å²) in [7, 11) is 0. The summed E-state index contributed by atoms with van der Waals surface area (Å²) in [6.07, 6.45) is 2.39. The zero-order chi connectivity index (χ0) is 13.0. The third-order valence-electron chi connectivity index (χ3n) is 3.04. The SMILES string of the molecule is CCC(CN)C(=O)c1ccnn1-c1ccccc1. The van der Waals surface area contributed by atoms with Gasteiger partial charge in [-0.1, -0.05) is 25.1 Å². The number of hydrogen-bond donors (Lipinski definition) is 1. The van der Waals surface area contributed by atoms with E-state index in [1.807, 2.05) is 37.3 Å². The van der Waals surface area contributed by atoms with Crippen molar-refractivity contribution in [2.24, 2.45) is 11.7 Å². The minimum atomic E-state index is -0.135. The van der Waals surface area contributed by atoms with E-state index in [1.54, 1.807) is 16.9 Å². The molecular formula is C14H17N3O. The molecule has 0 aliphatic carbocycles. The molecular weight excluding hydrogens is 226 g/mol. The van der Waals surface area contributed by atoms with Crippen LogP contribution in [0.2, 0.25) is 0 Å². The molecule has 2 N–H and O–H groups in total. The first-order valence-corrected chi connectivity index (χ1v) is 6.11. The Morgan fingerprint density at radius 1 is 1.33 bits per heavy atom. The second kappa shape index (κ2) is 5.60. The molecule has 0 aliphatic heterocycles. The molecule has 2 rings (SSSR count). The van der Waals surface area contributed by atoms with Gasteiger partial charge in [-0.15, -0.1) is 0 Å². The van der Waals surface area contributed by atoms with E-state index >= 15 is 0 Å². The van der Waals surface area contributed by atoms with Crippen molar-refractivity contribution in [2.75, 3.05) is 6.54 Å². The van der Waals surface area contributed by atoms with Gasteiger partial charge in [0, 0.05) is 12.5 Å². The third kappa shape index (κ3) is 2.33. The molecule has 1 aromatic carbocycles. The van der Waals surface area contributed by atoms with E-state index in [0.717, 1.165) is 12.1 Å². The third-order valence-corrected chi connectivity index (χ3v) is 3.04. The van der Waals surface area contributed by atoms with Crippen LogP contribution in [0.5, 0.6) is 0 Å². The van der Waals surface area contributed by atoms with Crippen LogP contribution >= 0.6 is 0 Å². The Kier molecular flexibility index (Phi) is 3.89. The minimum absolute atomic E-state index is 0.0568. The van der Waals surface area contributed by atoms with Crippen LogP contribution in [0.25, 0.3) is 5.69 Å². The van der Waals surface area contributed by atoms with Crippen LogP contribution in [0.3, 0.4) is 0 Å². The first-order valence-electron chi connectivity index (χ1n) is 6.11. The van der Waals surface area contributed by atoms with Crippen molar-refractivity contribution < 1.29 is 4.79 Å². The topological polar surface area (TPSA) is 60.9 Å². The van der Waals surface area contributed by atoms with Gasteiger partial charge in [0.2, 0.25) is 0 Å². The Morgan fingerprint density at radius 2 is 2.06 bits per heavy atom. The largest absolute Gasteiger partial charge is 0.330 e. The fraction of sp³-hybridized carbons (Fsp3) is 0.286. The average molecular weight is 243 g/mol. The fourth-order valence-electron chi connectivity index (χ4n) is 1.93. The number of nitrogens with two attached hydrogens (primary N) is 1. The number of benzene rings is 1. The summed E-state index contributed by atoms with van der Waals surface area (Å²) in [5.74, 6) is -0.0782. The Bertz CT molecular complexity index is 515. The van der Waals surface area contributed by atoms with Gasteiger partial charge in [0.25, 0.3) is 0 Å². The quantitative estimate of drug-likeness (QED) is 0.817. The van der Waals surface area contributed by atoms with E-state index in [1.165, 1.54) is 0 Å². The van der Waals surface area contributed by atoms with E-state index in [2.05, 4.69) is 5.10 Å². The van der Waals surface area contributed by atoms with E-state index in [9.17, 15) is 4.79 Å². The Balaban J connectivity index is 2.37. The summed E-state index contributed by atoms with van der Waals surface area (Å²) in [6.45, 7) is 2.34. The molecule has 0 spiro atoms. The number of carbonyl (C=O) groups excluding carboxylic acids is 1. The molecule has 0 bridgehead atoms. The summed E-state index contributed by atoms with van der Waals surface area (Å²) >= 11 is 0. The van der Waals surface area contributed by atoms with Crippen molar-refractivity contribution >= 4 is 5.78 Å². The van der Waals surface area contributed by atoms with Gasteiger partial charge < -0.3 is 5.73 Å². The lowest BCUT2D eigenvalue weighted by Crippen LogP contribution is -2.25. The van der Waals surface area contributed by atoms with Crippen LogP contribution in [0.1, 0.15) is 23.8 Å². The van der Waals surface area contributed by atoms with Gasteiger partial charge in [0.05, 0.1) is 11.9 Å². The number of para-hydroxylation sites is 1. The summed E-state index contributed by atoms with van der Waals surface area (Å²) in [6, 6.07) is 11.4. The van der Waals surface area contributed by atoms with Crippen molar-refractivity contribution in [1.82, 2.24) is 9.78 Å². The molecule has 0 aliphatic rings. The predicted molar refractivity (Wildman–Crippen MR) is 70.7 cm³/mol. The van der Waals surface area contributed by atoms with Gasteiger partial charge in [-0.25, -0.2) is 4.68 Å². The van der Waals surface area contributed by atoms with Crippen LogP contribution in [-0.2, 0) is 0 Å². The molecule has 0 amide bonds. The van der Waals surface area contributed by atoms with Gasteiger partial charge in [-0.3, -0.25) is 4.79 Å². The standard InChI is InChI=1S/C14H17N3O/c1-2-11(10-15)14(18)13-8-9-16-17(13)12-6-4-3-5-7-12/h3-9,11H,2,10,15H2,1H3. The van der Waals surface area contributed by atoms with Crippen LogP contribution in [0.15, 0.2) is 42.6 Å². The van der Waals surface area contributed by atoms with Crippen molar-refractivity contribution in [3.63, 3.8) is 0 Å². The van der Waals surface area contributed by atoms with E-state index in [-0.39, 0.29) is 11.7 Å². The molecule has 1 atom stereocenters. The first kappa shape index (κ1) is 12.5. The molecule has 1 aromatic heterocycles. The molecule has 0 radical (unpaired) electrons. The maximum absolute atomic E-state index is 12.3. The van der Waals surface area contributed by atoms with Crippen LogP contribution in [0, 0.1) is 5.92 Å². The number of Topliss-reactive ketones (excluding diaryl/α,β-unsaturated/α-hetero) is 1. The van der Waals surface area contributed by atoms with Gasteiger partial charge in [0.1, 0.15) is 5.69 Å². The average Bonchev–Trinajstić information content (AvgIpc) is 2.90. The molecule has 1 unspecified atom stereocenters. The second-order valence-corrected chi connectivity index (χ2v) is 4.17. The first-order chi connectivity index (χ1) is 8.77. The lowest BCUT2D eigenvalue weighted by atomic mass is 9.99. The van der Waals surface area contributed by atoms with Crippen LogP contribution < -0.4 is 5.73 Å². The summed E-state index contributed by atoms with van der Waals surface area (Å²) < 4.78 is 1.67. The highest BCUT2D eigenvalue weighted by Crippen LogP contribution is 2.15. The number of rotatable bonds is 5. The Morgan fingerprint density at radius 3 is 2.67 bits per heavy atom. The minimum Gasteiger partial charge on any atom is -0.330 e. The molecule has 18 heavy (non-hydrogen) atoms. The number of carbonyl (C=O) groups is 1. The van der Waals surface area contributed by atoms with Crippen molar-refractivity contribution in [3.05, 3.63) is 48.3 Å². The zero-order valence-electron chi connectivity index (χ0n) is 10.4. The molecule has 4 heteroatoms. The number of nitrogens with zero attached hydrogens (tertiary/aromatic N) is 2. The van der Waals surface area contributed by atoms with E-state index in [0.29, 0.717) is 12.2 Å². The summed E-state index contributed by atoms with van der Waals surface area (Å²) in [5, 5.41) is 4.21. The Hall–Kier alpha value is -1.94. The normalized spacial score (nSPS) is 12.3. The number of hydrogen-bond acceptors (Lipinski definition) is 3. The molecule has 0 fully saturated rings. The molecule has 1 heterocycles. The fourth-order valence-corrected chi connectivity index (χ4v) is 1.93. The van der Waals surface area contributed by atoms with Crippen LogP contribution in [-0.4, -0.2) is 22.1 Å². The predicted octanol–water partition coefficient (Wildman–Crippen LogP) is 2.04. The maximum atomic E-state index is 12.3. The molecule has 0 saturated heterocycles. The van der Waals surface area contributed by atoms with Crippen molar-refractivity contribution in [1.29, 1.82) is 0 Å². The summed E-state index contributed by atoms with van der Waals surface area (Å²) in [5.41, 5.74) is 7.11. The van der Waals surface area contributed by atoms with E-state index < -0.39 is 0 Å². The van der Waals surface area contributed by atoms with Gasteiger partial charge in [0.15, 0.2) is 5.78 Å². The summed E-state index contributed by atoms with van der Waals surface area (Å²) in [4.78, 5) is 12.3.